The second-order valence-corrected chi connectivity index (χ2v) is 6.07. The topological polar surface area (TPSA) is 70.2 Å². The predicted octanol–water partition coefficient (Wildman–Crippen LogP) is 4.33. The molecule has 0 bridgehead atoms. The molecule has 24 heavy (non-hydrogen) atoms. The molecule has 0 aliphatic heterocycles. The molecule has 0 saturated heterocycles. The van der Waals surface area contributed by atoms with Gasteiger partial charge in [0.05, 0.1) is 10.6 Å². The average molecular weight is 387 g/mol. The lowest BCUT2D eigenvalue weighted by molar-refractivity contribution is 0.0963. The molecule has 0 aromatic heterocycles. The second kappa shape index (κ2) is 8.24. The molecule has 0 spiro atoms. The third kappa shape index (κ3) is 4.77. The summed E-state index contributed by atoms with van der Waals surface area (Å²) >= 11 is 17.9. The molecule has 0 heterocycles. The van der Waals surface area contributed by atoms with Gasteiger partial charge >= 0.3 is 6.03 Å². The maximum absolute atomic E-state index is 11.9. The Morgan fingerprint density at radius 1 is 1.00 bits per heavy atom. The van der Waals surface area contributed by atoms with E-state index in [1.165, 1.54) is 19.2 Å². The zero-order chi connectivity index (χ0) is 17.7. The Kier molecular flexibility index (Phi) is 6.31. The van der Waals surface area contributed by atoms with Crippen molar-refractivity contribution in [3.05, 3.63) is 62.6 Å². The van der Waals surface area contributed by atoms with Gasteiger partial charge in [-0.25, -0.2) is 4.79 Å². The standard InChI is InChI=1S/C16H14Cl3N3O2/c1-20-15(23)12-5-4-11(7-14(12)19)22-16(24)21-8-9-2-3-10(17)6-13(9)18/h2-7H,8H2,1H3,(H,20,23)(H2,21,22,24). The highest BCUT2D eigenvalue weighted by molar-refractivity contribution is 6.35. The van der Waals surface area contributed by atoms with E-state index in [0.717, 1.165) is 5.56 Å². The summed E-state index contributed by atoms with van der Waals surface area (Å²) in [5, 5.41) is 9.04. The summed E-state index contributed by atoms with van der Waals surface area (Å²) in [5.74, 6) is -0.298. The van der Waals surface area contributed by atoms with Gasteiger partial charge in [-0.3, -0.25) is 4.79 Å². The number of anilines is 1. The Morgan fingerprint density at radius 2 is 1.75 bits per heavy atom. The van der Waals surface area contributed by atoms with E-state index >= 15 is 0 Å². The van der Waals surface area contributed by atoms with Crippen LogP contribution >= 0.6 is 34.8 Å². The van der Waals surface area contributed by atoms with Crippen LogP contribution < -0.4 is 16.0 Å². The van der Waals surface area contributed by atoms with Gasteiger partial charge in [0, 0.05) is 29.3 Å². The summed E-state index contributed by atoms with van der Waals surface area (Å²) in [6, 6.07) is 9.23. The van der Waals surface area contributed by atoms with E-state index in [1.54, 1.807) is 24.3 Å². The fraction of sp³-hybridized carbons (Fsp3) is 0.125. The minimum Gasteiger partial charge on any atom is -0.355 e. The minimum atomic E-state index is -0.426. The fourth-order valence-electron chi connectivity index (χ4n) is 1.93. The zero-order valence-corrected chi connectivity index (χ0v) is 14.9. The molecule has 126 valence electrons. The Hall–Kier alpha value is -1.95. The average Bonchev–Trinajstić information content (AvgIpc) is 2.53. The largest absolute Gasteiger partial charge is 0.355 e. The molecule has 5 nitrogen and oxygen atoms in total. The summed E-state index contributed by atoms with van der Waals surface area (Å²) in [4.78, 5) is 23.5. The normalized spacial score (nSPS) is 10.2. The maximum atomic E-state index is 11.9. The van der Waals surface area contributed by atoms with E-state index in [-0.39, 0.29) is 17.5 Å². The maximum Gasteiger partial charge on any atom is 0.319 e. The van der Waals surface area contributed by atoms with Crippen LogP contribution in [0.15, 0.2) is 36.4 Å². The lowest BCUT2D eigenvalue weighted by atomic mass is 10.2. The molecule has 0 saturated carbocycles. The van der Waals surface area contributed by atoms with Crippen molar-refractivity contribution in [2.75, 3.05) is 12.4 Å². The van der Waals surface area contributed by atoms with Crippen molar-refractivity contribution in [2.45, 2.75) is 6.54 Å². The third-order valence-electron chi connectivity index (χ3n) is 3.15. The number of carbonyl (C=O) groups excluding carboxylic acids is 2. The lowest BCUT2D eigenvalue weighted by Crippen LogP contribution is -2.28. The molecule has 0 aliphatic rings. The Bertz CT molecular complexity index is 781. The molecule has 2 rings (SSSR count). The summed E-state index contributed by atoms with van der Waals surface area (Å²) in [5.41, 5.74) is 1.54. The van der Waals surface area contributed by atoms with E-state index in [4.69, 9.17) is 34.8 Å². The minimum absolute atomic E-state index is 0.242. The van der Waals surface area contributed by atoms with E-state index in [2.05, 4.69) is 16.0 Å². The van der Waals surface area contributed by atoms with Gasteiger partial charge < -0.3 is 16.0 Å². The van der Waals surface area contributed by atoms with Crippen LogP contribution in [-0.2, 0) is 6.54 Å². The van der Waals surface area contributed by atoms with Crippen molar-refractivity contribution in [2.24, 2.45) is 0 Å². The first-order chi connectivity index (χ1) is 11.4. The van der Waals surface area contributed by atoms with Gasteiger partial charge in [0.2, 0.25) is 0 Å². The van der Waals surface area contributed by atoms with Crippen LogP contribution in [-0.4, -0.2) is 19.0 Å². The lowest BCUT2D eigenvalue weighted by Gasteiger charge is -2.10. The second-order valence-electron chi connectivity index (χ2n) is 4.82. The van der Waals surface area contributed by atoms with Crippen LogP contribution in [0.1, 0.15) is 15.9 Å². The third-order valence-corrected chi connectivity index (χ3v) is 4.05. The molecule has 3 N–H and O–H groups in total. The van der Waals surface area contributed by atoms with Gasteiger partial charge in [-0.1, -0.05) is 40.9 Å². The van der Waals surface area contributed by atoms with Crippen LogP contribution in [0.5, 0.6) is 0 Å². The number of benzene rings is 2. The highest BCUT2D eigenvalue weighted by Gasteiger charge is 2.10. The molecule has 0 aliphatic carbocycles. The van der Waals surface area contributed by atoms with Gasteiger partial charge in [0.25, 0.3) is 5.91 Å². The number of hydrogen-bond acceptors (Lipinski definition) is 2. The molecular weight excluding hydrogens is 373 g/mol. The zero-order valence-electron chi connectivity index (χ0n) is 12.6. The number of urea groups is 1. The molecule has 0 atom stereocenters. The van der Waals surface area contributed by atoms with Crippen molar-refractivity contribution in [3.8, 4) is 0 Å². The highest BCUT2D eigenvalue weighted by atomic mass is 35.5. The fourth-order valence-corrected chi connectivity index (χ4v) is 2.67. The highest BCUT2D eigenvalue weighted by Crippen LogP contribution is 2.22. The van der Waals surface area contributed by atoms with Crippen LogP contribution in [0.4, 0.5) is 10.5 Å². The van der Waals surface area contributed by atoms with Crippen molar-refractivity contribution < 1.29 is 9.59 Å². The van der Waals surface area contributed by atoms with Crippen LogP contribution in [0.3, 0.4) is 0 Å². The number of nitrogens with one attached hydrogen (secondary N) is 3. The number of hydrogen-bond donors (Lipinski definition) is 3. The first-order valence-corrected chi connectivity index (χ1v) is 8.04. The van der Waals surface area contributed by atoms with E-state index in [9.17, 15) is 9.59 Å². The molecule has 3 amide bonds. The Balaban J connectivity index is 1.97. The van der Waals surface area contributed by atoms with E-state index in [0.29, 0.717) is 21.3 Å². The van der Waals surface area contributed by atoms with Crippen LogP contribution in [0.25, 0.3) is 0 Å². The number of halogens is 3. The van der Waals surface area contributed by atoms with Crippen molar-refractivity contribution in [1.82, 2.24) is 10.6 Å². The summed E-state index contributed by atoms with van der Waals surface area (Å²) < 4.78 is 0. The van der Waals surface area contributed by atoms with E-state index in [1.807, 2.05) is 0 Å². The monoisotopic (exact) mass is 385 g/mol. The smallest absolute Gasteiger partial charge is 0.319 e. The van der Waals surface area contributed by atoms with Gasteiger partial charge in [0.1, 0.15) is 0 Å². The molecule has 2 aromatic carbocycles. The Morgan fingerprint density at radius 3 is 2.38 bits per heavy atom. The van der Waals surface area contributed by atoms with E-state index < -0.39 is 6.03 Å². The predicted molar refractivity (Wildman–Crippen MR) is 97.2 cm³/mol. The Labute approximate surface area is 154 Å². The number of carbonyl (C=O) groups is 2. The quantitative estimate of drug-likeness (QED) is 0.732. The first-order valence-electron chi connectivity index (χ1n) is 6.91. The summed E-state index contributed by atoms with van der Waals surface area (Å²) in [7, 11) is 1.51. The molecule has 8 heteroatoms. The van der Waals surface area contributed by atoms with Crippen LogP contribution in [0.2, 0.25) is 15.1 Å². The molecular formula is C16H14Cl3N3O2. The van der Waals surface area contributed by atoms with Gasteiger partial charge in [-0.05, 0) is 35.9 Å². The van der Waals surface area contributed by atoms with Gasteiger partial charge in [0.15, 0.2) is 0 Å². The molecule has 0 unspecified atom stereocenters. The van der Waals surface area contributed by atoms with Crippen molar-refractivity contribution in [1.29, 1.82) is 0 Å². The molecule has 0 radical (unpaired) electrons. The van der Waals surface area contributed by atoms with Gasteiger partial charge in [-0.2, -0.15) is 0 Å². The molecule has 2 aromatic rings. The SMILES string of the molecule is CNC(=O)c1ccc(NC(=O)NCc2ccc(Cl)cc2Cl)cc1Cl. The number of rotatable bonds is 4. The number of amides is 3. The van der Waals surface area contributed by atoms with Gasteiger partial charge in [-0.15, -0.1) is 0 Å². The summed E-state index contributed by atoms with van der Waals surface area (Å²) in [6.07, 6.45) is 0. The molecule has 0 fully saturated rings. The van der Waals surface area contributed by atoms with Crippen LogP contribution in [0, 0.1) is 0 Å². The van der Waals surface area contributed by atoms with Crippen molar-refractivity contribution in [3.63, 3.8) is 0 Å². The summed E-state index contributed by atoms with van der Waals surface area (Å²) in [6.45, 7) is 0.242. The van der Waals surface area contributed by atoms with Crippen molar-refractivity contribution >= 4 is 52.4 Å². The first kappa shape index (κ1) is 18.4.